The molecule has 3 nitrogen and oxygen atoms in total. The van der Waals surface area contributed by atoms with Crippen LogP contribution in [-0.2, 0) is 17.6 Å². The van der Waals surface area contributed by atoms with Gasteiger partial charge in [0.15, 0.2) is 0 Å². The Kier molecular flexibility index (Phi) is 4.95. The highest BCUT2D eigenvalue weighted by molar-refractivity contribution is 6.30. The predicted molar refractivity (Wildman–Crippen MR) is 109 cm³/mol. The Morgan fingerprint density at radius 2 is 1.74 bits per heavy atom. The van der Waals surface area contributed by atoms with E-state index in [4.69, 9.17) is 22.3 Å². The molecule has 1 fully saturated rings. The highest BCUT2D eigenvalue weighted by atomic mass is 35.5. The molecule has 1 saturated carbocycles. The van der Waals surface area contributed by atoms with E-state index in [1.807, 2.05) is 36.4 Å². The number of pyridine rings is 1. The average molecular weight is 377 g/mol. The minimum absolute atomic E-state index is 0.278. The fraction of sp³-hybridized carbons (Fsp3) is 0.217. The van der Waals surface area contributed by atoms with Gasteiger partial charge in [0.05, 0.1) is 12.1 Å². The zero-order valence-corrected chi connectivity index (χ0v) is 15.7. The molecule has 4 rings (SSSR count). The maximum absolute atomic E-state index is 11.1. The average Bonchev–Trinajstić information content (AvgIpc) is 3.48. The van der Waals surface area contributed by atoms with Gasteiger partial charge in [0.25, 0.3) is 0 Å². The minimum Gasteiger partial charge on any atom is -0.369 e. The van der Waals surface area contributed by atoms with Crippen molar-refractivity contribution < 1.29 is 4.79 Å². The van der Waals surface area contributed by atoms with Gasteiger partial charge in [-0.15, -0.1) is 0 Å². The van der Waals surface area contributed by atoms with Crippen molar-refractivity contribution in [2.75, 3.05) is 0 Å². The Morgan fingerprint density at radius 3 is 2.41 bits per heavy atom. The molecule has 1 aliphatic rings. The predicted octanol–water partition coefficient (Wildman–Crippen LogP) is 4.90. The van der Waals surface area contributed by atoms with E-state index in [-0.39, 0.29) is 12.3 Å². The third-order valence-electron chi connectivity index (χ3n) is 4.83. The smallest absolute Gasteiger partial charge is 0.221 e. The van der Waals surface area contributed by atoms with E-state index in [0.29, 0.717) is 5.92 Å². The summed E-state index contributed by atoms with van der Waals surface area (Å²) in [5.41, 5.74) is 11.8. The molecule has 4 heteroatoms. The van der Waals surface area contributed by atoms with E-state index >= 15 is 0 Å². The second kappa shape index (κ2) is 7.53. The Labute approximate surface area is 164 Å². The van der Waals surface area contributed by atoms with Crippen LogP contribution in [0.5, 0.6) is 0 Å². The van der Waals surface area contributed by atoms with Crippen LogP contribution in [-0.4, -0.2) is 10.9 Å². The molecule has 1 heterocycles. The topological polar surface area (TPSA) is 56.0 Å². The summed E-state index contributed by atoms with van der Waals surface area (Å²) < 4.78 is 0. The van der Waals surface area contributed by atoms with Gasteiger partial charge < -0.3 is 5.73 Å². The van der Waals surface area contributed by atoms with Crippen LogP contribution < -0.4 is 5.73 Å². The van der Waals surface area contributed by atoms with Gasteiger partial charge in [-0.1, -0.05) is 48.0 Å². The van der Waals surface area contributed by atoms with E-state index in [2.05, 4.69) is 24.3 Å². The van der Waals surface area contributed by atoms with Gasteiger partial charge in [-0.2, -0.15) is 0 Å². The van der Waals surface area contributed by atoms with Crippen LogP contribution >= 0.6 is 11.6 Å². The van der Waals surface area contributed by atoms with Crippen molar-refractivity contribution in [3.63, 3.8) is 0 Å². The largest absolute Gasteiger partial charge is 0.369 e. The minimum atomic E-state index is -0.308. The number of halogens is 1. The van der Waals surface area contributed by atoms with E-state index in [1.165, 1.54) is 29.7 Å². The van der Waals surface area contributed by atoms with Crippen molar-refractivity contribution in [1.29, 1.82) is 0 Å². The lowest BCUT2D eigenvalue weighted by atomic mass is 9.99. The van der Waals surface area contributed by atoms with Gasteiger partial charge in [-0.05, 0) is 60.2 Å². The number of benzene rings is 2. The first kappa shape index (κ1) is 17.7. The Morgan fingerprint density at radius 1 is 1.00 bits per heavy atom. The van der Waals surface area contributed by atoms with Crippen molar-refractivity contribution in [1.82, 2.24) is 4.98 Å². The van der Waals surface area contributed by atoms with Gasteiger partial charge in [-0.3, -0.25) is 9.78 Å². The maximum atomic E-state index is 11.1. The van der Waals surface area contributed by atoms with Gasteiger partial charge in [-0.25, -0.2) is 0 Å². The molecule has 0 saturated heterocycles. The lowest BCUT2D eigenvalue weighted by molar-refractivity contribution is -0.117. The summed E-state index contributed by atoms with van der Waals surface area (Å²) >= 11 is 6.17. The zero-order chi connectivity index (χ0) is 18.8. The highest BCUT2D eigenvalue weighted by Gasteiger charge is 2.25. The van der Waals surface area contributed by atoms with Crippen LogP contribution in [0.3, 0.4) is 0 Å². The number of carbonyl (C=O) groups is 1. The summed E-state index contributed by atoms with van der Waals surface area (Å²) in [5, 5.41) is 0.720. The molecule has 2 N–H and O–H groups in total. The fourth-order valence-electron chi connectivity index (χ4n) is 3.31. The molecule has 27 heavy (non-hydrogen) atoms. The lowest BCUT2D eigenvalue weighted by Gasteiger charge is -2.10. The number of hydrogen-bond acceptors (Lipinski definition) is 2. The summed E-state index contributed by atoms with van der Waals surface area (Å²) in [6, 6.07) is 20.3. The molecule has 0 radical (unpaired) electrons. The normalized spacial score (nSPS) is 13.5. The highest BCUT2D eigenvalue weighted by Crippen LogP contribution is 2.40. The quantitative estimate of drug-likeness (QED) is 0.665. The SMILES string of the molecule is NC(=O)Cc1ccc(Cc2cc(-c3cccc(Cl)c3)nc(C3CC3)c2)cc1. The zero-order valence-electron chi connectivity index (χ0n) is 15.0. The Hall–Kier alpha value is -2.65. The summed E-state index contributed by atoms with van der Waals surface area (Å²) in [6.45, 7) is 0. The second-order valence-electron chi connectivity index (χ2n) is 7.21. The van der Waals surface area contributed by atoms with Crippen molar-refractivity contribution >= 4 is 17.5 Å². The molecule has 1 aliphatic carbocycles. The molecule has 0 bridgehead atoms. The second-order valence-corrected chi connectivity index (χ2v) is 7.64. The third kappa shape index (κ3) is 4.55. The molecular weight excluding hydrogens is 356 g/mol. The van der Waals surface area contributed by atoms with E-state index in [1.54, 1.807) is 0 Å². The Bertz CT molecular complexity index is 978. The first-order valence-corrected chi connectivity index (χ1v) is 9.57. The van der Waals surface area contributed by atoms with Crippen LogP contribution in [0.25, 0.3) is 11.3 Å². The standard InChI is InChI=1S/C23H21ClN2O/c24-20-3-1-2-19(14-20)22-12-17(11-21(26-22)18-8-9-18)10-15-4-6-16(7-5-15)13-23(25)27/h1-7,11-12,14,18H,8-10,13H2,(H2,25,27). The molecule has 0 unspecified atom stereocenters. The van der Waals surface area contributed by atoms with Crippen LogP contribution in [0.15, 0.2) is 60.7 Å². The van der Waals surface area contributed by atoms with E-state index < -0.39 is 0 Å². The number of amides is 1. The number of nitrogens with zero attached hydrogens (tertiary/aromatic N) is 1. The van der Waals surface area contributed by atoms with Crippen LogP contribution in [0.1, 0.15) is 41.1 Å². The van der Waals surface area contributed by atoms with Crippen molar-refractivity contribution in [3.05, 3.63) is 88.1 Å². The number of carbonyl (C=O) groups excluding carboxylic acids is 1. The number of hydrogen-bond donors (Lipinski definition) is 1. The van der Waals surface area contributed by atoms with Gasteiger partial charge in [0.2, 0.25) is 5.91 Å². The number of aromatic nitrogens is 1. The molecule has 0 spiro atoms. The molecule has 1 amide bonds. The number of primary amides is 1. The number of nitrogens with two attached hydrogens (primary N) is 1. The Balaban J connectivity index is 1.63. The molecule has 3 aromatic rings. The summed E-state index contributed by atoms with van der Waals surface area (Å²) in [6.07, 6.45) is 3.54. The lowest BCUT2D eigenvalue weighted by Crippen LogP contribution is -2.13. The molecule has 2 aromatic carbocycles. The molecule has 0 atom stereocenters. The van der Waals surface area contributed by atoms with Gasteiger partial charge in [0.1, 0.15) is 0 Å². The summed E-state index contributed by atoms with van der Waals surface area (Å²) in [5.74, 6) is 0.276. The van der Waals surface area contributed by atoms with Crippen LogP contribution in [0, 0.1) is 0 Å². The van der Waals surface area contributed by atoms with Crippen LogP contribution in [0.2, 0.25) is 5.02 Å². The summed E-state index contributed by atoms with van der Waals surface area (Å²) in [4.78, 5) is 15.9. The van der Waals surface area contributed by atoms with E-state index in [0.717, 1.165) is 28.3 Å². The van der Waals surface area contributed by atoms with Gasteiger partial charge in [0, 0.05) is 22.2 Å². The van der Waals surface area contributed by atoms with Crippen molar-refractivity contribution in [2.45, 2.75) is 31.6 Å². The van der Waals surface area contributed by atoms with Gasteiger partial charge >= 0.3 is 0 Å². The maximum Gasteiger partial charge on any atom is 0.221 e. The molecule has 1 aromatic heterocycles. The summed E-state index contributed by atoms with van der Waals surface area (Å²) in [7, 11) is 0. The third-order valence-corrected chi connectivity index (χ3v) is 5.07. The first-order valence-electron chi connectivity index (χ1n) is 9.20. The van der Waals surface area contributed by atoms with Crippen molar-refractivity contribution in [2.24, 2.45) is 5.73 Å². The number of rotatable bonds is 6. The first-order chi connectivity index (χ1) is 13.1. The molecule has 0 aliphatic heterocycles. The fourth-order valence-corrected chi connectivity index (χ4v) is 3.50. The van der Waals surface area contributed by atoms with E-state index in [9.17, 15) is 4.79 Å². The monoisotopic (exact) mass is 376 g/mol. The molecule has 136 valence electrons. The van der Waals surface area contributed by atoms with Crippen LogP contribution in [0.4, 0.5) is 0 Å². The van der Waals surface area contributed by atoms with Crippen molar-refractivity contribution in [3.8, 4) is 11.3 Å². The molecular formula is C23H21ClN2O.